The number of hydrogen-bond donors (Lipinski definition) is 0. The summed E-state index contributed by atoms with van der Waals surface area (Å²) in [6.45, 7) is 0. The van der Waals surface area contributed by atoms with Crippen molar-refractivity contribution < 1.29 is 4.42 Å². The van der Waals surface area contributed by atoms with Crippen LogP contribution < -0.4 is 4.90 Å². The lowest BCUT2D eigenvalue weighted by atomic mass is 9.98. The second kappa shape index (κ2) is 10.6. The summed E-state index contributed by atoms with van der Waals surface area (Å²) in [5.74, 6) is 0. The Morgan fingerprint density at radius 1 is 0.312 bits per heavy atom. The van der Waals surface area contributed by atoms with Gasteiger partial charge in [-0.2, -0.15) is 0 Å². The monoisotopic (exact) mass is 611 g/mol. The molecule has 0 aliphatic heterocycles. The van der Waals surface area contributed by atoms with E-state index in [1.54, 1.807) is 0 Å². The Hall–Kier alpha value is -6.38. The van der Waals surface area contributed by atoms with E-state index in [4.69, 9.17) is 4.42 Å². The van der Waals surface area contributed by atoms with E-state index in [0.717, 1.165) is 39.0 Å². The zero-order chi connectivity index (χ0) is 31.6. The first-order valence-electron chi connectivity index (χ1n) is 16.4. The Kier molecular flexibility index (Phi) is 5.91. The van der Waals surface area contributed by atoms with Crippen molar-refractivity contribution in [2.45, 2.75) is 0 Å². The molecule has 0 N–H and O–H groups in total. The van der Waals surface area contributed by atoms with Gasteiger partial charge in [0.2, 0.25) is 0 Å². The van der Waals surface area contributed by atoms with E-state index < -0.39 is 0 Å². The van der Waals surface area contributed by atoms with Crippen LogP contribution in [0.3, 0.4) is 0 Å². The molecule has 0 amide bonds. The van der Waals surface area contributed by atoms with Gasteiger partial charge in [-0.25, -0.2) is 0 Å². The number of furan rings is 1. The Morgan fingerprint density at radius 3 is 1.83 bits per heavy atom. The van der Waals surface area contributed by atoms with Gasteiger partial charge in [0.05, 0.1) is 5.69 Å². The summed E-state index contributed by atoms with van der Waals surface area (Å²) >= 11 is 0. The van der Waals surface area contributed by atoms with Crippen molar-refractivity contribution in [1.82, 2.24) is 0 Å². The van der Waals surface area contributed by atoms with Crippen LogP contribution in [0.25, 0.3) is 76.2 Å². The molecule has 0 radical (unpaired) electrons. The summed E-state index contributed by atoms with van der Waals surface area (Å²) < 4.78 is 6.25. The van der Waals surface area contributed by atoms with Crippen molar-refractivity contribution >= 4 is 82.1 Å². The lowest BCUT2D eigenvalue weighted by Crippen LogP contribution is -2.10. The second-order valence-corrected chi connectivity index (χ2v) is 12.6. The van der Waals surface area contributed by atoms with E-state index in [2.05, 4.69) is 169 Å². The standard InChI is InChI=1S/C46H29NO/c1-2-10-34-26-35(18-16-30(34)8-1)31-20-23-37(24-21-31)47(44-14-7-11-32-9-3-4-12-39(32)44)38-25-22-33-17-19-36-27-46-43(29-42(36)41(33)28-38)40-13-5-6-15-45(40)48-46/h1-29H. The average molecular weight is 612 g/mol. The Balaban J connectivity index is 1.17. The molecule has 1 aromatic heterocycles. The molecule has 10 rings (SSSR count). The topological polar surface area (TPSA) is 16.4 Å². The lowest BCUT2D eigenvalue weighted by Gasteiger charge is -2.27. The highest BCUT2D eigenvalue weighted by Gasteiger charge is 2.17. The molecule has 0 saturated carbocycles. The van der Waals surface area contributed by atoms with E-state index in [-0.39, 0.29) is 0 Å². The molecule has 0 atom stereocenters. The third-order valence-corrected chi connectivity index (χ3v) is 9.79. The number of para-hydroxylation sites is 1. The van der Waals surface area contributed by atoms with Crippen molar-refractivity contribution in [2.75, 3.05) is 4.90 Å². The molecule has 1 heterocycles. The fourth-order valence-electron chi connectivity index (χ4n) is 7.40. The number of fused-ring (bicyclic) bond motifs is 8. The molecule has 0 bridgehead atoms. The van der Waals surface area contributed by atoms with Crippen LogP contribution >= 0.6 is 0 Å². The zero-order valence-electron chi connectivity index (χ0n) is 26.1. The quantitative estimate of drug-likeness (QED) is 0.184. The zero-order valence-corrected chi connectivity index (χ0v) is 26.1. The molecule has 2 nitrogen and oxygen atoms in total. The van der Waals surface area contributed by atoms with Crippen molar-refractivity contribution in [1.29, 1.82) is 0 Å². The molecular weight excluding hydrogens is 583 g/mol. The van der Waals surface area contributed by atoms with Gasteiger partial charge in [0.15, 0.2) is 0 Å². The van der Waals surface area contributed by atoms with Crippen molar-refractivity contribution in [3.05, 3.63) is 176 Å². The van der Waals surface area contributed by atoms with E-state index in [1.165, 1.54) is 54.2 Å². The van der Waals surface area contributed by atoms with Crippen LogP contribution in [-0.2, 0) is 0 Å². The lowest BCUT2D eigenvalue weighted by molar-refractivity contribution is 0.669. The highest BCUT2D eigenvalue weighted by atomic mass is 16.3. The summed E-state index contributed by atoms with van der Waals surface area (Å²) in [4.78, 5) is 2.40. The van der Waals surface area contributed by atoms with Crippen molar-refractivity contribution in [3.63, 3.8) is 0 Å². The third kappa shape index (κ3) is 4.27. The fraction of sp³-hybridized carbons (Fsp3) is 0. The molecule has 0 fully saturated rings. The Bertz CT molecular complexity index is 2840. The summed E-state index contributed by atoms with van der Waals surface area (Å²) in [7, 11) is 0. The smallest absolute Gasteiger partial charge is 0.136 e. The molecule has 0 aliphatic carbocycles. The van der Waals surface area contributed by atoms with Crippen LogP contribution in [-0.4, -0.2) is 0 Å². The second-order valence-electron chi connectivity index (χ2n) is 12.6. The van der Waals surface area contributed by atoms with Gasteiger partial charge in [0.1, 0.15) is 11.2 Å². The number of hydrogen-bond acceptors (Lipinski definition) is 2. The normalized spacial score (nSPS) is 11.8. The molecular formula is C46H29NO. The van der Waals surface area contributed by atoms with Gasteiger partial charge in [-0.3, -0.25) is 0 Å². The van der Waals surface area contributed by atoms with Crippen LogP contribution in [0.4, 0.5) is 17.1 Å². The molecule has 10 aromatic rings. The molecule has 0 spiro atoms. The molecule has 2 heteroatoms. The minimum atomic E-state index is 0.919. The Morgan fingerprint density at radius 2 is 0.938 bits per heavy atom. The summed E-state index contributed by atoms with van der Waals surface area (Å²) in [5, 5.41) is 12.0. The highest BCUT2D eigenvalue weighted by molar-refractivity contribution is 6.17. The predicted molar refractivity (Wildman–Crippen MR) is 204 cm³/mol. The molecule has 0 saturated heterocycles. The van der Waals surface area contributed by atoms with Crippen LogP contribution in [0.15, 0.2) is 180 Å². The molecule has 224 valence electrons. The molecule has 48 heavy (non-hydrogen) atoms. The van der Waals surface area contributed by atoms with E-state index in [1.807, 2.05) is 12.1 Å². The first-order valence-corrected chi connectivity index (χ1v) is 16.4. The van der Waals surface area contributed by atoms with E-state index >= 15 is 0 Å². The fourth-order valence-corrected chi connectivity index (χ4v) is 7.40. The van der Waals surface area contributed by atoms with Crippen LogP contribution in [0.5, 0.6) is 0 Å². The average Bonchev–Trinajstić information content (AvgIpc) is 3.52. The number of nitrogens with zero attached hydrogens (tertiary/aromatic N) is 1. The number of rotatable bonds is 4. The van der Waals surface area contributed by atoms with Gasteiger partial charge in [-0.05, 0) is 103 Å². The Labute approximate surface area is 277 Å². The van der Waals surface area contributed by atoms with Gasteiger partial charge in [0.25, 0.3) is 0 Å². The van der Waals surface area contributed by atoms with Gasteiger partial charge in [0, 0.05) is 27.5 Å². The summed E-state index contributed by atoms with van der Waals surface area (Å²) in [6, 6.07) is 63.5. The van der Waals surface area contributed by atoms with Gasteiger partial charge >= 0.3 is 0 Å². The van der Waals surface area contributed by atoms with Crippen molar-refractivity contribution in [2.24, 2.45) is 0 Å². The van der Waals surface area contributed by atoms with Gasteiger partial charge < -0.3 is 9.32 Å². The number of benzene rings is 9. The van der Waals surface area contributed by atoms with E-state index in [0.29, 0.717) is 0 Å². The summed E-state index contributed by atoms with van der Waals surface area (Å²) in [6.07, 6.45) is 0. The minimum absolute atomic E-state index is 0.919. The maximum Gasteiger partial charge on any atom is 0.136 e. The maximum absolute atomic E-state index is 6.25. The summed E-state index contributed by atoms with van der Waals surface area (Å²) in [5.41, 5.74) is 7.62. The first-order chi connectivity index (χ1) is 23.8. The number of anilines is 3. The third-order valence-electron chi connectivity index (χ3n) is 9.79. The maximum atomic E-state index is 6.25. The van der Waals surface area contributed by atoms with Gasteiger partial charge in [-0.1, -0.05) is 121 Å². The van der Waals surface area contributed by atoms with Crippen molar-refractivity contribution in [3.8, 4) is 11.1 Å². The largest absolute Gasteiger partial charge is 0.456 e. The molecule has 0 unspecified atom stereocenters. The van der Waals surface area contributed by atoms with E-state index in [9.17, 15) is 0 Å². The molecule has 9 aromatic carbocycles. The SMILES string of the molecule is c1ccc2cc(-c3ccc(N(c4ccc5ccc6cc7oc8ccccc8c7cc6c5c4)c4cccc5ccccc45)cc3)ccc2c1. The highest BCUT2D eigenvalue weighted by Crippen LogP contribution is 2.42. The van der Waals surface area contributed by atoms with Crippen LogP contribution in [0.1, 0.15) is 0 Å². The molecule has 0 aliphatic rings. The van der Waals surface area contributed by atoms with Crippen LogP contribution in [0.2, 0.25) is 0 Å². The minimum Gasteiger partial charge on any atom is -0.456 e. The first kappa shape index (κ1) is 26.8. The predicted octanol–water partition coefficient (Wildman–Crippen LogP) is 13.3. The van der Waals surface area contributed by atoms with Crippen LogP contribution in [0, 0.1) is 0 Å². The van der Waals surface area contributed by atoms with Gasteiger partial charge in [-0.15, -0.1) is 0 Å².